The molecule has 0 fully saturated rings. The molecule has 8 heterocycles. The van der Waals surface area contributed by atoms with E-state index in [0.717, 1.165) is 58.6 Å². The van der Waals surface area contributed by atoms with E-state index in [0.29, 0.717) is 71.7 Å². The minimum absolute atomic E-state index is 0.0186. The predicted molar refractivity (Wildman–Crippen MR) is 229 cm³/mol. The fourth-order valence-electron chi connectivity index (χ4n) is 8.13. The highest BCUT2D eigenvalue weighted by Crippen LogP contribution is 2.29. The van der Waals surface area contributed by atoms with Crippen LogP contribution in [-0.2, 0) is 25.7 Å². The summed E-state index contributed by atoms with van der Waals surface area (Å²) in [6.07, 6.45) is 16.7. The Morgan fingerprint density at radius 1 is 0.629 bits per heavy atom. The summed E-state index contributed by atoms with van der Waals surface area (Å²) in [6.45, 7) is 8.30. The van der Waals surface area contributed by atoms with Gasteiger partial charge in [-0.2, -0.15) is 29.2 Å². The van der Waals surface area contributed by atoms with Crippen molar-refractivity contribution >= 4 is 23.2 Å². The van der Waals surface area contributed by atoms with Crippen molar-refractivity contribution in [2.24, 2.45) is 0 Å². The van der Waals surface area contributed by atoms with E-state index in [9.17, 15) is 18.4 Å². The number of pyridine rings is 4. The second-order valence-electron chi connectivity index (χ2n) is 16.3. The zero-order valence-corrected chi connectivity index (χ0v) is 34.5. The number of anilines is 2. The lowest BCUT2D eigenvalue weighted by Crippen LogP contribution is -2.32. The number of aromatic amines is 2. The Morgan fingerprint density at radius 2 is 1.06 bits per heavy atom. The first-order valence-corrected chi connectivity index (χ1v) is 20.6. The molecular formula is C44H44F2N14O2. The lowest BCUT2D eigenvalue weighted by Gasteiger charge is -2.25. The fourth-order valence-corrected chi connectivity index (χ4v) is 8.13. The SMILES string of the molecule is CC(C)c1cnn2c(N[C@@H]3CCc4c(cc[nH]c4=O)C3)nc(-c3cncc(F)c3)nc12.CC(C)c1cnn2c(N[C@H]3CCc4c(cc[nH]c4=O)C3)nc(-c3cncc(F)c3)nc12. The van der Waals surface area contributed by atoms with Crippen LogP contribution in [0.2, 0.25) is 0 Å². The smallest absolute Gasteiger partial charge is 0.251 e. The summed E-state index contributed by atoms with van der Waals surface area (Å²) in [5, 5.41) is 16.0. The molecule has 2 atom stereocenters. The van der Waals surface area contributed by atoms with E-state index in [2.05, 4.69) is 88.4 Å². The van der Waals surface area contributed by atoms with E-state index >= 15 is 0 Å². The van der Waals surface area contributed by atoms with Crippen molar-refractivity contribution in [3.63, 3.8) is 0 Å². The molecule has 0 saturated carbocycles. The molecule has 316 valence electrons. The molecule has 8 aromatic rings. The van der Waals surface area contributed by atoms with Gasteiger partial charge in [0.1, 0.15) is 11.6 Å². The summed E-state index contributed by atoms with van der Waals surface area (Å²) in [7, 11) is 0. The molecule has 18 heteroatoms. The van der Waals surface area contributed by atoms with Crippen LogP contribution in [0, 0.1) is 11.6 Å². The van der Waals surface area contributed by atoms with Crippen LogP contribution in [0.15, 0.2) is 83.4 Å². The van der Waals surface area contributed by atoms with Crippen LogP contribution in [0.4, 0.5) is 20.7 Å². The molecular weight excluding hydrogens is 795 g/mol. The van der Waals surface area contributed by atoms with Crippen molar-refractivity contribution in [2.75, 3.05) is 10.6 Å². The summed E-state index contributed by atoms with van der Waals surface area (Å²) < 4.78 is 30.9. The van der Waals surface area contributed by atoms with Gasteiger partial charge in [-0.3, -0.25) is 19.6 Å². The monoisotopic (exact) mass is 838 g/mol. The Balaban J connectivity index is 0.000000158. The summed E-state index contributed by atoms with van der Waals surface area (Å²) in [5.41, 5.74) is 8.06. The van der Waals surface area contributed by atoms with Crippen molar-refractivity contribution in [1.82, 2.24) is 59.1 Å². The van der Waals surface area contributed by atoms with Crippen LogP contribution >= 0.6 is 0 Å². The number of H-pyrrole nitrogens is 2. The van der Waals surface area contributed by atoms with Gasteiger partial charge in [0.05, 0.1) is 24.8 Å². The Labute approximate surface area is 353 Å². The van der Waals surface area contributed by atoms with E-state index < -0.39 is 11.6 Å². The molecule has 0 radical (unpaired) electrons. The zero-order chi connectivity index (χ0) is 43.1. The average Bonchev–Trinajstić information content (AvgIpc) is 3.90. The molecule has 8 aromatic heterocycles. The molecule has 16 nitrogen and oxygen atoms in total. The Bertz CT molecular complexity index is 2860. The number of rotatable bonds is 8. The molecule has 0 aromatic carbocycles. The Hall–Kier alpha value is -7.24. The molecule has 0 saturated heterocycles. The van der Waals surface area contributed by atoms with Crippen molar-refractivity contribution in [1.29, 1.82) is 0 Å². The summed E-state index contributed by atoms with van der Waals surface area (Å²) in [4.78, 5) is 56.1. The van der Waals surface area contributed by atoms with Crippen LogP contribution in [0.3, 0.4) is 0 Å². The van der Waals surface area contributed by atoms with Gasteiger partial charge in [-0.15, -0.1) is 0 Å². The lowest BCUT2D eigenvalue weighted by atomic mass is 9.89. The van der Waals surface area contributed by atoms with Crippen molar-refractivity contribution < 1.29 is 8.78 Å². The minimum Gasteiger partial charge on any atom is -0.351 e. The van der Waals surface area contributed by atoms with Gasteiger partial charge < -0.3 is 20.6 Å². The Kier molecular flexibility index (Phi) is 10.8. The van der Waals surface area contributed by atoms with Crippen molar-refractivity contribution in [3.8, 4) is 22.8 Å². The molecule has 2 aliphatic carbocycles. The molecule has 0 aliphatic heterocycles. The van der Waals surface area contributed by atoms with Crippen LogP contribution in [0.5, 0.6) is 0 Å². The first-order chi connectivity index (χ1) is 30.0. The van der Waals surface area contributed by atoms with Crippen LogP contribution in [0.1, 0.15) is 85.8 Å². The van der Waals surface area contributed by atoms with Gasteiger partial charge in [0.25, 0.3) is 11.1 Å². The summed E-state index contributed by atoms with van der Waals surface area (Å²) in [6, 6.07) is 6.81. The maximum Gasteiger partial charge on any atom is 0.251 e. The van der Waals surface area contributed by atoms with Crippen LogP contribution in [-0.4, -0.2) is 71.2 Å². The van der Waals surface area contributed by atoms with Crippen LogP contribution in [0.25, 0.3) is 34.1 Å². The molecule has 4 N–H and O–H groups in total. The molecule has 10 rings (SSSR count). The summed E-state index contributed by atoms with van der Waals surface area (Å²) >= 11 is 0. The highest BCUT2D eigenvalue weighted by molar-refractivity contribution is 5.63. The van der Waals surface area contributed by atoms with E-state index in [-0.39, 0.29) is 35.0 Å². The third-order valence-corrected chi connectivity index (χ3v) is 11.4. The van der Waals surface area contributed by atoms with Crippen molar-refractivity contribution in [2.45, 2.75) is 90.1 Å². The molecule has 0 amide bonds. The van der Waals surface area contributed by atoms with E-state index in [1.54, 1.807) is 46.2 Å². The van der Waals surface area contributed by atoms with Gasteiger partial charge in [0, 0.05) is 70.3 Å². The molecule has 2 aliphatic rings. The first-order valence-electron chi connectivity index (χ1n) is 20.6. The van der Waals surface area contributed by atoms with Crippen molar-refractivity contribution in [3.05, 3.63) is 140 Å². The highest BCUT2D eigenvalue weighted by Gasteiger charge is 2.25. The number of halogens is 2. The molecule has 0 bridgehead atoms. The molecule has 62 heavy (non-hydrogen) atoms. The summed E-state index contributed by atoms with van der Waals surface area (Å²) in [5.74, 6) is 1.39. The number of nitrogens with zero attached hydrogens (tertiary/aromatic N) is 10. The fraction of sp³-hybridized carbons (Fsp3) is 0.318. The quantitative estimate of drug-likeness (QED) is 0.135. The van der Waals surface area contributed by atoms with Gasteiger partial charge in [-0.25, -0.2) is 18.7 Å². The Morgan fingerprint density at radius 3 is 1.47 bits per heavy atom. The number of hydrogen-bond donors (Lipinski definition) is 4. The van der Waals surface area contributed by atoms with Crippen LogP contribution < -0.4 is 21.8 Å². The van der Waals surface area contributed by atoms with Gasteiger partial charge in [0.2, 0.25) is 11.9 Å². The third-order valence-electron chi connectivity index (χ3n) is 11.4. The predicted octanol–water partition coefficient (Wildman–Crippen LogP) is 6.21. The van der Waals surface area contributed by atoms with Gasteiger partial charge >= 0.3 is 0 Å². The lowest BCUT2D eigenvalue weighted by molar-refractivity contribution is 0.597. The molecule has 0 unspecified atom stereocenters. The number of aromatic nitrogens is 12. The van der Waals surface area contributed by atoms with E-state index in [1.807, 2.05) is 12.1 Å². The van der Waals surface area contributed by atoms with Gasteiger partial charge in [-0.1, -0.05) is 27.7 Å². The standard InChI is InChI=1S/2C22H22FN7O/c2*1-12(2)18-11-26-30-20(18)28-19(14-7-15(23)10-24-9-14)29-22(30)27-16-3-4-17-13(8-16)5-6-25-21(17)31/h2*5-7,9-12,16H,3-4,8H2,1-2H3,(H,25,31)(H,27,28,29)/t2*16-/m10/s1. The third kappa shape index (κ3) is 8.02. The maximum absolute atomic E-state index is 13.8. The zero-order valence-electron chi connectivity index (χ0n) is 34.5. The second-order valence-corrected chi connectivity index (χ2v) is 16.3. The molecule has 0 spiro atoms. The van der Waals surface area contributed by atoms with Gasteiger partial charge in [0.15, 0.2) is 22.9 Å². The van der Waals surface area contributed by atoms with E-state index in [4.69, 9.17) is 0 Å². The van der Waals surface area contributed by atoms with Gasteiger partial charge in [-0.05, 0) is 85.8 Å². The number of nitrogens with one attached hydrogen (secondary N) is 4. The first kappa shape index (κ1) is 40.2. The largest absolute Gasteiger partial charge is 0.351 e. The number of fused-ring (bicyclic) bond motifs is 4. The minimum atomic E-state index is -0.442. The second kappa shape index (κ2) is 16.7. The number of hydrogen-bond acceptors (Lipinski definition) is 12. The van der Waals surface area contributed by atoms with E-state index in [1.165, 1.54) is 12.1 Å². The average molecular weight is 839 g/mol. The highest BCUT2D eigenvalue weighted by atomic mass is 19.1. The topological polar surface area (TPSA) is 202 Å². The normalized spacial score (nSPS) is 15.9. The maximum atomic E-state index is 13.8.